The van der Waals surface area contributed by atoms with Crippen molar-refractivity contribution in [2.45, 2.75) is 0 Å². The molecule has 5 nitrogen and oxygen atoms in total. The third kappa shape index (κ3) is 2.57. The van der Waals surface area contributed by atoms with Gasteiger partial charge < -0.3 is 10.5 Å². The Morgan fingerprint density at radius 3 is 2.88 bits per heavy atom. The molecule has 0 fully saturated rings. The predicted octanol–water partition coefficient (Wildman–Crippen LogP) is 2.15. The van der Waals surface area contributed by atoms with Crippen LogP contribution in [0.5, 0.6) is 11.5 Å². The zero-order valence-electron chi connectivity index (χ0n) is 9.14. The Hall–Kier alpha value is -2.01. The lowest BCUT2D eigenvalue weighted by atomic mass is 10.2. The van der Waals surface area contributed by atoms with Gasteiger partial charge in [0.15, 0.2) is 5.75 Å². The summed E-state index contributed by atoms with van der Waals surface area (Å²) in [7, 11) is 1.79. The number of hydrogen-bond donors (Lipinski definition) is 2. The minimum Gasteiger partial charge on any atom is -0.453 e. The summed E-state index contributed by atoms with van der Waals surface area (Å²) in [4.78, 5) is 0. The summed E-state index contributed by atoms with van der Waals surface area (Å²) >= 11 is 5.88. The van der Waals surface area contributed by atoms with Crippen LogP contribution in [-0.2, 0) is 7.05 Å². The molecule has 1 aromatic carbocycles. The molecule has 0 aliphatic heterocycles. The van der Waals surface area contributed by atoms with Crippen LogP contribution < -0.4 is 10.5 Å². The lowest BCUT2D eigenvalue weighted by Crippen LogP contribution is -2.12. The van der Waals surface area contributed by atoms with E-state index in [1.807, 2.05) is 0 Å². The Morgan fingerprint density at radius 2 is 2.29 bits per heavy atom. The van der Waals surface area contributed by atoms with E-state index in [1.54, 1.807) is 42.3 Å². The quantitative estimate of drug-likeness (QED) is 0.647. The van der Waals surface area contributed by atoms with Crippen molar-refractivity contribution in [3.8, 4) is 11.5 Å². The number of benzene rings is 1. The van der Waals surface area contributed by atoms with E-state index in [-0.39, 0.29) is 5.84 Å². The molecule has 0 saturated carbocycles. The maximum Gasteiger partial charge on any atom is 0.165 e. The van der Waals surface area contributed by atoms with Crippen molar-refractivity contribution in [1.29, 1.82) is 5.41 Å². The van der Waals surface area contributed by atoms with Gasteiger partial charge in [-0.1, -0.05) is 11.6 Å². The van der Waals surface area contributed by atoms with Crippen LogP contribution in [-0.4, -0.2) is 15.6 Å². The molecule has 0 aliphatic carbocycles. The fraction of sp³-hybridized carbons (Fsp3) is 0.0909. The van der Waals surface area contributed by atoms with Gasteiger partial charge in [-0.15, -0.1) is 0 Å². The fourth-order valence-corrected chi connectivity index (χ4v) is 1.54. The monoisotopic (exact) mass is 250 g/mol. The van der Waals surface area contributed by atoms with Crippen LogP contribution in [0.4, 0.5) is 0 Å². The molecule has 3 N–H and O–H groups in total. The van der Waals surface area contributed by atoms with Crippen LogP contribution in [0.25, 0.3) is 0 Å². The van der Waals surface area contributed by atoms with Crippen molar-refractivity contribution < 1.29 is 4.74 Å². The molecule has 2 rings (SSSR count). The normalized spacial score (nSPS) is 10.2. The molecule has 2 aromatic rings. The average molecular weight is 251 g/mol. The topological polar surface area (TPSA) is 76.9 Å². The minimum absolute atomic E-state index is 0.0689. The van der Waals surface area contributed by atoms with E-state index >= 15 is 0 Å². The summed E-state index contributed by atoms with van der Waals surface area (Å²) in [5.41, 5.74) is 5.96. The van der Waals surface area contributed by atoms with E-state index in [0.29, 0.717) is 22.1 Å². The van der Waals surface area contributed by atoms with Gasteiger partial charge in [0.2, 0.25) is 0 Å². The van der Waals surface area contributed by atoms with Crippen LogP contribution >= 0.6 is 11.6 Å². The zero-order chi connectivity index (χ0) is 12.4. The van der Waals surface area contributed by atoms with E-state index in [4.69, 9.17) is 27.5 Å². The Morgan fingerprint density at radius 1 is 1.53 bits per heavy atom. The van der Waals surface area contributed by atoms with Gasteiger partial charge in [0.1, 0.15) is 11.6 Å². The fourth-order valence-electron chi connectivity index (χ4n) is 1.38. The Bertz CT molecular complexity index is 564. The molecule has 0 unspecified atom stereocenters. The number of nitrogens with zero attached hydrogens (tertiary/aromatic N) is 2. The largest absolute Gasteiger partial charge is 0.453 e. The molecular formula is C11H11ClN4O. The number of nitrogens with two attached hydrogens (primary N) is 1. The minimum atomic E-state index is -0.0689. The van der Waals surface area contributed by atoms with Crippen molar-refractivity contribution in [3.63, 3.8) is 0 Å². The second-order valence-corrected chi connectivity index (χ2v) is 3.94. The molecule has 6 heteroatoms. The first kappa shape index (κ1) is 11.5. The van der Waals surface area contributed by atoms with Gasteiger partial charge in [-0.05, 0) is 12.1 Å². The van der Waals surface area contributed by atoms with Gasteiger partial charge >= 0.3 is 0 Å². The van der Waals surface area contributed by atoms with Crippen LogP contribution in [0.1, 0.15) is 5.56 Å². The molecular weight excluding hydrogens is 240 g/mol. The van der Waals surface area contributed by atoms with Crippen LogP contribution in [0.3, 0.4) is 0 Å². The zero-order valence-corrected chi connectivity index (χ0v) is 9.90. The lowest BCUT2D eigenvalue weighted by molar-refractivity contribution is 0.481. The molecule has 17 heavy (non-hydrogen) atoms. The van der Waals surface area contributed by atoms with Crippen molar-refractivity contribution >= 4 is 17.4 Å². The highest BCUT2D eigenvalue weighted by Gasteiger charge is 2.09. The second-order valence-electron chi connectivity index (χ2n) is 3.51. The smallest absolute Gasteiger partial charge is 0.165 e. The van der Waals surface area contributed by atoms with E-state index in [9.17, 15) is 0 Å². The lowest BCUT2D eigenvalue weighted by Gasteiger charge is -2.08. The predicted molar refractivity (Wildman–Crippen MR) is 65.8 cm³/mol. The number of rotatable bonds is 3. The van der Waals surface area contributed by atoms with Gasteiger partial charge in [-0.2, -0.15) is 5.10 Å². The van der Waals surface area contributed by atoms with Crippen molar-refractivity contribution in [1.82, 2.24) is 9.78 Å². The molecule has 0 spiro atoms. The van der Waals surface area contributed by atoms with Gasteiger partial charge in [0.25, 0.3) is 0 Å². The Kier molecular flexibility index (Phi) is 3.01. The summed E-state index contributed by atoms with van der Waals surface area (Å²) in [5, 5.41) is 12.0. The summed E-state index contributed by atoms with van der Waals surface area (Å²) in [5.74, 6) is 0.941. The van der Waals surface area contributed by atoms with Crippen molar-refractivity contribution in [2.24, 2.45) is 12.8 Å². The maximum atomic E-state index is 7.45. The average Bonchev–Trinajstić information content (AvgIpc) is 2.63. The Labute approximate surface area is 103 Å². The third-order valence-corrected chi connectivity index (χ3v) is 2.38. The molecule has 0 aliphatic rings. The number of hydrogen-bond acceptors (Lipinski definition) is 3. The molecule has 0 bridgehead atoms. The molecule has 0 amide bonds. The SMILES string of the molecule is Cn1cc(Oc2cc(Cl)ccc2C(=N)N)cn1. The van der Waals surface area contributed by atoms with Gasteiger partial charge in [0, 0.05) is 18.1 Å². The summed E-state index contributed by atoms with van der Waals surface area (Å²) in [6.07, 6.45) is 3.29. The first-order valence-electron chi connectivity index (χ1n) is 4.86. The van der Waals surface area contributed by atoms with Gasteiger partial charge in [-0.3, -0.25) is 10.1 Å². The number of nitrogen functional groups attached to an aromatic ring is 1. The maximum absolute atomic E-state index is 7.45. The molecule has 1 heterocycles. The molecule has 0 saturated heterocycles. The number of nitrogens with one attached hydrogen (secondary N) is 1. The summed E-state index contributed by atoms with van der Waals surface area (Å²) in [6.45, 7) is 0. The summed E-state index contributed by atoms with van der Waals surface area (Å²) in [6, 6.07) is 4.93. The molecule has 88 valence electrons. The number of aromatic nitrogens is 2. The number of aryl methyl sites for hydroxylation is 1. The number of ether oxygens (including phenoxy) is 1. The first-order valence-corrected chi connectivity index (χ1v) is 5.24. The van der Waals surface area contributed by atoms with Gasteiger partial charge in [-0.25, -0.2) is 0 Å². The number of halogens is 1. The summed E-state index contributed by atoms with van der Waals surface area (Å²) < 4.78 is 7.20. The molecule has 1 aromatic heterocycles. The Balaban J connectivity index is 2.37. The van der Waals surface area contributed by atoms with Crippen LogP contribution in [0.15, 0.2) is 30.6 Å². The van der Waals surface area contributed by atoms with Crippen molar-refractivity contribution in [2.75, 3.05) is 0 Å². The number of amidine groups is 1. The van der Waals surface area contributed by atoms with E-state index < -0.39 is 0 Å². The molecule has 0 atom stereocenters. The van der Waals surface area contributed by atoms with E-state index in [2.05, 4.69) is 5.10 Å². The van der Waals surface area contributed by atoms with Gasteiger partial charge in [0.05, 0.1) is 18.0 Å². The van der Waals surface area contributed by atoms with E-state index in [0.717, 1.165) is 0 Å². The third-order valence-electron chi connectivity index (χ3n) is 2.14. The highest BCUT2D eigenvalue weighted by Crippen LogP contribution is 2.27. The second kappa shape index (κ2) is 4.47. The standard InChI is InChI=1S/C11H11ClN4O/c1-16-6-8(5-15-16)17-10-4-7(12)2-3-9(10)11(13)14/h2-6H,1H3,(H3,13,14). The van der Waals surface area contributed by atoms with Crippen molar-refractivity contribution in [3.05, 3.63) is 41.2 Å². The highest BCUT2D eigenvalue weighted by atomic mass is 35.5. The van der Waals surface area contributed by atoms with Crippen LogP contribution in [0.2, 0.25) is 5.02 Å². The highest BCUT2D eigenvalue weighted by molar-refractivity contribution is 6.30. The van der Waals surface area contributed by atoms with Crippen LogP contribution in [0, 0.1) is 5.41 Å². The molecule has 0 radical (unpaired) electrons. The van der Waals surface area contributed by atoms with E-state index in [1.165, 1.54) is 0 Å². The first-order chi connectivity index (χ1) is 8.06.